The van der Waals surface area contributed by atoms with Gasteiger partial charge < -0.3 is 10.1 Å². The Morgan fingerprint density at radius 3 is 2.44 bits per heavy atom. The number of hydrogen-bond donors (Lipinski definition) is 1. The van der Waals surface area contributed by atoms with Gasteiger partial charge in [0.15, 0.2) is 0 Å². The maximum absolute atomic E-state index is 12.6. The number of nitrogens with one attached hydrogen (secondary N) is 1. The largest absolute Gasteiger partial charge is 0.490 e. The summed E-state index contributed by atoms with van der Waals surface area (Å²) in [6.45, 7) is 3.88. The lowest BCUT2D eigenvalue weighted by atomic mass is 10.0. The summed E-state index contributed by atoms with van der Waals surface area (Å²) in [6, 6.07) is 22.7. The molecule has 0 heterocycles. The number of para-hydroxylation sites is 1. The standard InChI is InChI=1S/C23H20N2O2/c1-16(2)27-22-13-12-17-8-6-7-11-20(17)21(22)14-18(15-24)23(26)25-19-9-4-3-5-10-19/h3-14,16H,1-2H3,(H,25,26). The van der Waals surface area contributed by atoms with Crippen molar-refractivity contribution >= 4 is 28.4 Å². The van der Waals surface area contributed by atoms with Gasteiger partial charge in [0.05, 0.1) is 6.10 Å². The lowest BCUT2D eigenvalue weighted by Gasteiger charge is -2.15. The Morgan fingerprint density at radius 1 is 1.04 bits per heavy atom. The zero-order valence-electron chi connectivity index (χ0n) is 15.3. The molecule has 0 bridgehead atoms. The summed E-state index contributed by atoms with van der Waals surface area (Å²) in [5, 5.41) is 14.3. The van der Waals surface area contributed by atoms with Gasteiger partial charge in [-0.25, -0.2) is 0 Å². The quantitative estimate of drug-likeness (QED) is 0.506. The van der Waals surface area contributed by atoms with E-state index in [-0.39, 0.29) is 11.7 Å². The number of anilines is 1. The van der Waals surface area contributed by atoms with E-state index in [9.17, 15) is 10.1 Å². The van der Waals surface area contributed by atoms with Crippen molar-refractivity contribution in [1.82, 2.24) is 0 Å². The summed E-state index contributed by atoms with van der Waals surface area (Å²) in [6.07, 6.45) is 1.57. The summed E-state index contributed by atoms with van der Waals surface area (Å²) in [5.74, 6) is 0.191. The zero-order chi connectivity index (χ0) is 19.2. The molecule has 0 aliphatic heterocycles. The molecule has 0 unspecified atom stereocenters. The minimum Gasteiger partial charge on any atom is -0.490 e. The minimum atomic E-state index is -0.452. The maximum Gasteiger partial charge on any atom is 0.266 e. The third-order valence-electron chi connectivity index (χ3n) is 3.98. The molecule has 4 nitrogen and oxygen atoms in total. The van der Waals surface area contributed by atoms with Gasteiger partial charge in [-0.2, -0.15) is 5.26 Å². The Kier molecular flexibility index (Phi) is 5.53. The van der Waals surface area contributed by atoms with Crippen LogP contribution in [0.3, 0.4) is 0 Å². The van der Waals surface area contributed by atoms with Crippen LogP contribution in [0.25, 0.3) is 16.8 Å². The molecule has 0 fully saturated rings. The molecule has 0 aliphatic carbocycles. The molecule has 27 heavy (non-hydrogen) atoms. The highest BCUT2D eigenvalue weighted by Gasteiger charge is 2.14. The van der Waals surface area contributed by atoms with Gasteiger partial charge in [-0.3, -0.25) is 4.79 Å². The number of ether oxygens (including phenoxy) is 1. The van der Waals surface area contributed by atoms with E-state index < -0.39 is 5.91 Å². The van der Waals surface area contributed by atoms with Gasteiger partial charge in [0.1, 0.15) is 17.4 Å². The fourth-order valence-corrected chi connectivity index (χ4v) is 2.79. The normalized spacial score (nSPS) is 11.3. The summed E-state index contributed by atoms with van der Waals surface area (Å²) < 4.78 is 5.91. The lowest BCUT2D eigenvalue weighted by Crippen LogP contribution is -2.13. The van der Waals surface area contributed by atoms with Crippen LogP contribution in [0.2, 0.25) is 0 Å². The first-order chi connectivity index (χ1) is 13.1. The van der Waals surface area contributed by atoms with Crippen molar-refractivity contribution in [2.45, 2.75) is 20.0 Å². The second-order valence-corrected chi connectivity index (χ2v) is 6.36. The molecular weight excluding hydrogens is 336 g/mol. The number of hydrogen-bond acceptors (Lipinski definition) is 3. The van der Waals surface area contributed by atoms with Gasteiger partial charge >= 0.3 is 0 Å². The Morgan fingerprint density at radius 2 is 1.74 bits per heavy atom. The molecule has 0 atom stereocenters. The molecule has 1 amide bonds. The summed E-state index contributed by atoms with van der Waals surface area (Å²) >= 11 is 0. The molecule has 0 saturated heterocycles. The Hall–Kier alpha value is -3.58. The third kappa shape index (κ3) is 4.34. The van der Waals surface area contributed by atoms with Gasteiger partial charge in [0, 0.05) is 11.3 Å². The molecule has 0 aliphatic rings. The average molecular weight is 356 g/mol. The molecule has 0 radical (unpaired) electrons. The Labute approximate surface area is 158 Å². The number of benzene rings is 3. The number of nitriles is 1. The van der Waals surface area contributed by atoms with Crippen molar-refractivity contribution in [2.75, 3.05) is 5.32 Å². The van der Waals surface area contributed by atoms with E-state index in [2.05, 4.69) is 5.32 Å². The van der Waals surface area contributed by atoms with E-state index in [0.717, 1.165) is 16.3 Å². The van der Waals surface area contributed by atoms with Crippen molar-refractivity contribution in [2.24, 2.45) is 0 Å². The molecule has 4 heteroatoms. The molecule has 0 spiro atoms. The predicted molar refractivity (Wildman–Crippen MR) is 108 cm³/mol. The van der Waals surface area contributed by atoms with Crippen LogP contribution in [0.15, 0.2) is 72.3 Å². The Bertz CT molecular complexity index is 1030. The number of carbonyl (C=O) groups is 1. The van der Waals surface area contributed by atoms with E-state index in [1.165, 1.54) is 0 Å². The molecule has 1 N–H and O–H groups in total. The van der Waals surface area contributed by atoms with Crippen molar-refractivity contribution in [1.29, 1.82) is 5.26 Å². The van der Waals surface area contributed by atoms with Crippen LogP contribution in [0.4, 0.5) is 5.69 Å². The van der Waals surface area contributed by atoms with Gasteiger partial charge in [0.25, 0.3) is 5.91 Å². The van der Waals surface area contributed by atoms with Crippen LogP contribution in [-0.4, -0.2) is 12.0 Å². The second kappa shape index (κ2) is 8.20. The van der Waals surface area contributed by atoms with E-state index >= 15 is 0 Å². The molecule has 0 aromatic heterocycles. The summed E-state index contributed by atoms with van der Waals surface area (Å²) in [4.78, 5) is 12.6. The molecule has 3 rings (SSSR count). The number of rotatable bonds is 5. The van der Waals surface area contributed by atoms with Crippen LogP contribution in [0, 0.1) is 11.3 Å². The first kappa shape index (κ1) is 18.2. The fourth-order valence-electron chi connectivity index (χ4n) is 2.79. The maximum atomic E-state index is 12.6. The van der Waals surface area contributed by atoms with E-state index in [1.54, 1.807) is 18.2 Å². The number of fused-ring (bicyclic) bond motifs is 1. The van der Waals surface area contributed by atoms with Crippen molar-refractivity contribution in [3.63, 3.8) is 0 Å². The van der Waals surface area contributed by atoms with Crippen molar-refractivity contribution in [3.8, 4) is 11.8 Å². The number of amides is 1. The SMILES string of the molecule is CC(C)Oc1ccc2ccccc2c1C=C(C#N)C(=O)Nc1ccccc1. The van der Waals surface area contributed by atoms with Gasteiger partial charge in [-0.1, -0.05) is 48.5 Å². The predicted octanol–water partition coefficient (Wildman–Crippen LogP) is 5.17. The van der Waals surface area contributed by atoms with Gasteiger partial charge in [0.2, 0.25) is 0 Å². The summed E-state index contributed by atoms with van der Waals surface area (Å²) in [5.41, 5.74) is 1.38. The summed E-state index contributed by atoms with van der Waals surface area (Å²) in [7, 11) is 0. The molecular formula is C23H20N2O2. The van der Waals surface area contributed by atoms with E-state index in [1.807, 2.05) is 74.5 Å². The average Bonchev–Trinajstić information content (AvgIpc) is 2.67. The molecule has 0 saturated carbocycles. The van der Waals surface area contributed by atoms with E-state index in [0.29, 0.717) is 11.4 Å². The van der Waals surface area contributed by atoms with Gasteiger partial charge in [-0.15, -0.1) is 0 Å². The zero-order valence-corrected chi connectivity index (χ0v) is 15.3. The second-order valence-electron chi connectivity index (χ2n) is 6.36. The third-order valence-corrected chi connectivity index (χ3v) is 3.98. The van der Waals surface area contributed by atoms with Crippen LogP contribution in [-0.2, 0) is 4.79 Å². The number of carbonyl (C=O) groups excluding carboxylic acids is 1. The highest BCUT2D eigenvalue weighted by molar-refractivity contribution is 6.11. The van der Waals surface area contributed by atoms with Crippen molar-refractivity contribution < 1.29 is 9.53 Å². The highest BCUT2D eigenvalue weighted by atomic mass is 16.5. The Balaban J connectivity index is 2.05. The van der Waals surface area contributed by atoms with Crippen LogP contribution < -0.4 is 10.1 Å². The minimum absolute atomic E-state index is 0.0174. The number of nitrogens with zero attached hydrogens (tertiary/aromatic N) is 1. The highest BCUT2D eigenvalue weighted by Crippen LogP contribution is 2.31. The van der Waals surface area contributed by atoms with Crippen LogP contribution in [0.5, 0.6) is 5.75 Å². The van der Waals surface area contributed by atoms with Crippen LogP contribution in [0.1, 0.15) is 19.4 Å². The lowest BCUT2D eigenvalue weighted by molar-refractivity contribution is -0.112. The molecule has 3 aromatic rings. The van der Waals surface area contributed by atoms with Crippen LogP contribution >= 0.6 is 0 Å². The van der Waals surface area contributed by atoms with Gasteiger partial charge in [-0.05, 0) is 48.9 Å². The fraction of sp³-hybridized carbons (Fsp3) is 0.130. The molecule has 134 valence electrons. The topological polar surface area (TPSA) is 62.1 Å². The van der Waals surface area contributed by atoms with E-state index in [4.69, 9.17) is 4.74 Å². The monoisotopic (exact) mass is 356 g/mol. The first-order valence-electron chi connectivity index (χ1n) is 8.75. The smallest absolute Gasteiger partial charge is 0.266 e. The van der Waals surface area contributed by atoms with Crippen molar-refractivity contribution in [3.05, 3.63) is 77.9 Å². The molecule has 3 aromatic carbocycles. The first-order valence-corrected chi connectivity index (χ1v) is 8.75.